The lowest BCUT2D eigenvalue weighted by Gasteiger charge is -2.21. The molecular formula is C23H27N3. The average Bonchev–Trinajstić information content (AvgIpc) is 2.68. The average molecular weight is 345 g/mol. The summed E-state index contributed by atoms with van der Waals surface area (Å²) in [6.45, 7) is 11.0. The molecule has 2 N–H and O–H groups in total. The molecule has 0 saturated carbocycles. The Hall–Kier alpha value is -3.20. The second kappa shape index (κ2) is 11.4. The van der Waals surface area contributed by atoms with E-state index in [0.717, 1.165) is 16.3 Å². The number of benzene rings is 2. The molecule has 0 amide bonds. The molecule has 134 valence electrons. The zero-order valence-electron chi connectivity index (χ0n) is 15.6. The fourth-order valence-electron chi connectivity index (χ4n) is 2.23. The number of nitrogens with zero attached hydrogens (tertiary/aromatic N) is 1. The Labute approximate surface area is 156 Å². The van der Waals surface area contributed by atoms with Crippen LogP contribution in [-0.4, -0.2) is 16.6 Å². The van der Waals surface area contributed by atoms with E-state index in [2.05, 4.69) is 13.2 Å². The van der Waals surface area contributed by atoms with E-state index < -0.39 is 0 Å². The summed E-state index contributed by atoms with van der Waals surface area (Å²) >= 11 is 0. The van der Waals surface area contributed by atoms with E-state index in [4.69, 9.17) is 10.8 Å². The summed E-state index contributed by atoms with van der Waals surface area (Å²) in [7, 11) is 0. The summed E-state index contributed by atoms with van der Waals surface area (Å²) < 4.78 is 0. The first kappa shape index (κ1) is 20.8. The molecule has 3 nitrogen and oxygen atoms in total. The Morgan fingerprint density at radius 2 is 1.65 bits per heavy atom. The number of amidine groups is 2. The topological polar surface area (TPSA) is 50.9 Å². The zero-order chi connectivity index (χ0) is 19.4. The van der Waals surface area contributed by atoms with Crippen LogP contribution in [0.3, 0.4) is 0 Å². The highest BCUT2D eigenvalue weighted by Crippen LogP contribution is 2.17. The lowest BCUT2D eigenvalue weighted by molar-refractivity contribution is 0.782. The van der Waals surface area contributed by atoms with Crippen molar-refractivity contribution in [3.63, 3.8) is 0 Å². The van der Waals surface area contributed by atoms with Crippen molar-refractivity contribution >= 4 is 22.4 Å². The summed E-state index contributed by atoms with van der Waals surface area (Å²) in [6, 6.07) is 14.0. The lowest BCUT2D eigenvalue weighted by atomic mass is 10.1. The fraction of sp³-hybridized carbons (Fsp3) is 0.130. The first-order valence-corrected chi connectivity index (χ1v) is 8.56. The van der Waals surface area contributed by atoms with Gasteiger partial charge in [-0.1, -0.05) is 80.8 Å². The highest BCUT2D eigenvalue weighted by atomic mass is 15.2. The molecule has 0 spiro atoms. The van der Waals surface area contributed by atoms with E-state index in [0.29, 0.717) is 18.1 Å². The van der Waals surface area contributed by atoms with Gasteiger partial charge >= 0.3 is 0 Å². The maximum Gasteiger partial charge on any atom is 0.137 e. The van der Waals surface area contributed by atoms with Crippen molar-refractivity contribution in [2.45, 2.75) is 20.3 Å². The van der Waals surface area contributed by atoms with E-state index in [1.807, 2.05) is 68.5 Å². The minimum absolute atomic E-state index is 0.297. The summed E-state index contributed by atoms with van der Waals surface area (Å²) in [5.41, 5.74) is 0.792. The van der Waals surface area contributed by atoms with Crippen molar-refractivity contribution in [3.8, 4) is 0 Å². The minimum atomic E-state index is 0.297. The van der Waals surface area contributed by atoms with Crippen LogP contribution in [0.2, 0.25) is 0 Å². The maximum atomic E-state index is 8.37. The minimum Gasteiger partial charge on any atom is -0.290 e. The standard InChI is InChI=1S/C18H19N3.C5H8/c1-3-5-12-21(17(19)4-2)18(20)16-11-10-14-8-6-7-9-15(14)13-16;1-3-5-4-2/h3,5-13,19-20H,1,4H2,2H3;3-5H,1H2,2H3/b12-5+,19-17?,20-18?;5-4-. The van der Waals surface area contributed by atoms with Gasteiger partial charge in [0.2, 0.25) is 0 Å². The number of allylic oxidation sites excluding steroid dienone is 5. The van der Waals surface area contributed by atoms with Gasteiger partial charge in [0, 0.05) is 18.2 Å². The van der Waals surface area contributed by atoms with Crippen LogP contribution in [0.1, 0.15) is 25.8 Å². The van der Waals surface area contributed by atoms with Crippen LogP contribution in [0.15, 0.2) is 92.2 Å². The predicted octanol–water partition coefficient (Wildman–Crippen LogP) is 6.30. The summed E-state index contributed by atoms with van der Waals surface area (Å²) in [6.07, 6.45) is 11.2. The van der Waals surface area contributed by atoms with Crippen LogP contribution in [0.4, 0.5) is 0 Å². The molecule has 2 aromatic carbocycles. The Morgan fingerprint density at radius 1 is 1.00 bits per heavy atom. The molecule has 0 unspecified atom stereocenters. The SMILES string of the molecule is C=C/C=C/N(C(=N)CC)C(=N)c1ccc2ccccc2c1.C=C/C=C\C. The van der Waals surface area contributed by atoms with E-state index >= 15 is 0 Å². The van der Waals surface area contributed by atoms with Gasteiger partial charge in [-0.3, -0.25) is 15.7 Å². The van der Waals surface area contributed by atoms with Crippen LogP contribution in [0.5, 0.6) is 0 Å². The van der Waals surface area contributed by atoms with Crippen molar-refractivity contribution in [2.24, 2.45) is 0 Å². The fourth-order valence-corrected chi connectivity index (χ4v) is 2.23. The molecule has 0 heterocycles. The van der Waals surface area contributed by atoms with Crippen LogP contribution in [-0.2, 0) is 0 Å². The molecule has 2 rings (SSSR count). The highest BCUT2D eigenvalue weighted by molar-refractivity contribution is 6.09. The van der Waals surface area contributed by atoms with Crippen LogP contribution in [0.25, 0.3) is 10.8 Å². The molecule has 0 bridgehead atoms. The second-order valence-corrected chi connectivity index (χ2v) is 5.42. The third kappa shape index (κ3) is 6.02. The molecule has 3 heteroatoms. The van der Waals surface area contributed by atoms with Gasteiger partial charge in [0.1, 0.15) is 11.7 Å². The van der Waals surface area contributed by atoms with E-state index in [-0.39, 0.29) is 0 Å². The smallest absolute Gasteiger partial charge is 0.137 e. The second-order valence-electron chi connectivity index (χ2n) is 5.42. The van der Waals surface area contributed by atoms with Crippen LogP contribution < -0.4 is 0 Å². The third-order valence-corrected chi connectivity index (χ3v) is 3.59. The van der Waals surface area contributed by atoms with E-state index in [9.17, 15) is 0 Å². The quantitative estimate of drug-likeness (QED) is 0.373. The highest BCUT2D eigenvalue weighted by Gasteiger charge is 2.13. The molecule has 26 heavy (non-hydrogen) atoms. The molecule has 0 aliphatic carbocycles. The van der Waals surface area contributed by atoms with Gasteiger partial charge in [-0.25, -0.2) is 0 Å². The normalized spacial score (nSPS) is 10.4. The number of rotatable bonds is 5. The van der Waals surface area contributed by atoms with E-state index in [1.165, 1.54) is 0 Å². The number of fused-ring (bicyclic) bond motifs is 1. The lowest BCUT2D eigenvalue weighted by Crippen LogP contribution is -2.31. The Bertz CT molecular complexity index is 828. The van der Waals surface area contributed by atoms with Crippen LogP contribution in [0, 0.1) is 10.8 Å². The Balaban J connectivity index is 0.000000597. The Kier molecular flexibility index (Phi) is 9.12. The first-order valence-electron chi connectivity index (χ1n) is 8.56. The van der Waals surface area contributed by atoms with Crippen molar-refractivity contribution in [1.29, 1.82) is 10.8 Å². The number of hydrogen-bond acceptors (Lipinski definition) is 2. The maximum absolute atomic E-state index is 8.37. The first-order chi connectivity index (χ1) is 12.6. The molecule has 0 aromatic heterocycles. The summed E-state index contributed by atoms with van der Waals surface area (Å²) in [5, 5.41) is 18.6. The van der Waals surface area contributed by atoms with Crippen LogP contribution >= 0.6 is 0 Å². The van der Waals surface area contributed by atoms with Gasteiger partial charge in [-0.2, -0.15) is 0 Å². The molecule has 2 aromatic rings. The monoisotopic (exact) mass is 345 g/mol. The zero-order valence-corrected chi connectivity index (χ0v) is 15.6. The molecule has 0 saturated heterocycles. The van der Waals surface area contributed by atoms with Crippen molar-refractivity contribution in [3.05, 3.63) is 97.8 Å². The third-order valence-electron chi connectivity index (χ3n) is 3.59. The van der Waals surface area contributed by atoms with Crippen molar-refractivity contribution in [2.75, 3.05) is 0 Å². The molecule has 0 atom stereocenters. The summed E-state index contributed by atoms with van der Waals surface area (Å²) in [5.74, 6) is 0.678. The van der Waals surface area contributed by atoms with Gasteiger partial charge in [0.25, 0.3) is 0 Å². The molecule has 0 radical (unpaired) electrons. The molecule has 0 aliphatic rings. The number of nitrogens with one attached hydrogen (secondary N) is 2. The van der Waals surface area contributed by atoms with Gasteiger partial charge in [-0.15, -0.1) is 0 Å². The largest absolute Gasteiger partial charge is 0.290 e. The molecule has 0 aliphatic heterocycles. The van der Waals surface area contributed by atoms with Gasteiger partial charge < -0.3 is 0 Å². The molecule has 0 fully saturated rings. The van der Waals surface area contributed by atoms with Gasteiger partial charge in [-0.05, 0) is 29.8 Å². The van der Waals surface area contributed by atoms with Crippen molar-refractivity contribution < 1.29 is 0 Å². The number of hydrogen-bond donors (Lipinski definition) is 2. The van der Waals surface area contributed by atoms with E-state index in [1.54, 1.807) is 29.3 Å². The summed E-state index contributed by atoms with van der Waals surface area (Å²) in [4.78, 5) is 1.58. The Morgan fingerprint density at radius 3 is 2.19 bits per heavy atom. The van der Waals surface area contributed by atoms with Crippen molar-refractivity contribution in [1.82, 2.24) is 4.90 Å². The van der Waals surface area contributed by atoms with Gasteiger partial charge in [0.05, 0.1) is 0 Å². The molecular weight excluding hydrogens is 318 g/mol. The predicted molar refractivity (Wildman–Crippen MR) is 115 cm³/mol. The van der Waals surface area contributed by atoms with Gasteiger partial charge in [0.15, 0.2) is 0 Å².